The zero-order valence-electron chi connectivity index (χ0n) is 13.7. The van der Waals surface area contributed by atoms with Gasteiger partial charge in [0.05, 0.1) is 6.10 Å². The lowest BCUT2D eigenvalue weighted by molar-refractivity contribution is 0.0534. The van der Waals surface area contributed by atoms with Gasteiger partial charge < -0.3 is 10.4 Å². The Kier molecular flexibility index (Phi) is 4.38. The molecule has 1 aliphatic heterocycles. The number of aliphatic hydroxyl groups is 1. The van der Waals surface area contributed by atoms with Gasteiger partial charge in [-0.2, -0.15) is 0 Å². The Hall–Kier alpha value is -1.71. The highest BCUT2D eigenvalue weighted by atomic mass is 19.1. The third-order valence-corrected chi connectivity index (χ3v) is 5.91. The molecule has 2 fully saturated rings. The van der Waals surface area contributed by atoms with Crippen LogP contribution >= 0.6 is 0 Å². The van der Waals surface area contributed by atoms with Crippen LogP contribution < -0.4 is 5.32 Å². The predicted octanol–water partition coefficient (Wildman–Crippen LogP) is 3.51. The van der Waals surface area contributed by atoms with E-state index in [0.29, 0.717) is 17.9 Å². The standard InChI is InChI=1S/C21H24FNO/c22-16-8-6-15(7-9-16)21-18-13-23-19(17(18)10-11-20(21)24)12-14-4-2-1-3-5-14/h1-9,17-21,23-24H,10-13H2. The molecular formula is C21H24FNO. The molecule has 2 aliphatic rings. The van der Waals surface area contributed by atoms with Crippen molar-refractivity contribution in [2.75, 3.05) is 6.54 Å². The lowest BCUT2D eigenvalue weighted by Crippen LogP contribution is -2.38. The first-order valence-electron chi connectivity index (χ1n) is 8.93. The molecule has 2 aromatic carbocycles. The molecule has 126 valence electrons. The van der Waals surface area contributed by atoms with Crippen LogP contribution in [0, 0.1) is 17.7 Å². The molecule has 2 N–H and O–H groups in total. The summed E-state index contributed by atoms with van der Waals surface area (Å²) >= 11 is 0. The first-order chi connectivity index (χ1) is 11.7. The summed E-state index contributed by atoms with van der Waals surface area (Å²) in [6, 6.07) is 17.8. The van der Waals surface area contributed by atoms with Crippen molar-refractivity contribution in [3.05, 3.63) is 71.5 Å². The van der Waals surface area contributed by atoms with Gasteiger partial charge in [0.15, 0.2) is 0 Å². The summed E-state index contributed by atoms with van der Waals surface area (Å²) < 4.78 is 13.2. The van der Waals surface area contributed by atoms with Gasteiger partial charge in [-0.25, -0.2) is 4.39 Å². The molecule has 1 heterocycles. The molecule has 5 unspecified atom stereocenters. The van der Waals surface area contributed by atoms with E-state index in [1.807, 2.05) is 12.1 Å². The first kappa shape index (κ1) is 15.8. The third kappa shape index (κ3) is 2.99. The van der Waals surface area contributed by atoms with E-state index in [4.69, 9.17) is 0 Å². The third-order valence-electron chi connectivity index (χ3n) is 5.91. The van der Waals surface area contributed by atoms with Crippen LogP contribution in [0.5, 0.6) is 0 Å². The van der Waals surface area contributed by atoms with Crippen molar-refractivity contribution in [1.29, 1.82) is 0 Å². The van der Waals surface area contributed by atoms with Crippen molar-refractivity contribution in [3.8, 4) is 0 Å². The Balaban J connectivity index is 1.55. The molecule has 1 saturated carbocycles. The highest BCUT2D eigenvalue weighted by molar-refractivity contribution is 5.25. The second-order valence-electron chi connectivity index (χ2n) is 7.25. The van der Waals surface area contributed by atoms with Gasteiger partial charge in [0, 0.05) is 12.0 Å². The summed E-state index contributed by atoms with van der Waals surface area (Å²) in [5, 5.41) is 14.3. The van der Waals surface area contributed by atoms with Gasteiger partial charge in [-0.15, -0.1) is 0 Å². The van der Waals surface area contributed by atoms with Gasteiger partial charge >= 0.3 is 0 Å². The summed E-state index contributed by atoms with van der Waals surface area (Å²) in [4.78, 5) is 0. The summed E-state index contributed by atoms with van der Waals surface area (Å²) in [7, 11) is 0. The Morgan fingerprint density at radius 1 is 0.958 bits per heavy atom. The van der Waals surface area contributed by atoms with E-state index in [0.717, 1.165) is 31.4 Å². The highest BCUT2D eigenvalue weighted by Crippen LogP contribution is 2.45. The number of fused-ring (bicyclic) bond motifs is 1. The maximum atomic E-state index is 13.2. The predicted molar refractivity (Wildman–Crippen MR) is 93.3 cm³/mol. The molecule has 24 heavy (non-hydrogen) atoms. The van der Waals surface area contributed by atoms with Crippen molar-refractivity contribution in [2.24, 2.45) is 11.8 Å². The molecule has 0 radical (unpaired) electrons. The number of hydrogen-bond donors (Lipinski definition) is 2. The number of aliphatic hydroxyl groups excluding tert-OH is 1. The molecule has 3 heteroatoms. The Morgan fingerprint density at radius 3 is 2.46 bits per heavy atom. The van der Waals surface area contributed by atoms with Crippen molar-refractivity contribution in [3.63, 3.8) is 0 Å². The summed E-state index contributed by atoms with van der Waals surface area (Å²) in [5.74, 6) is 0.890. The van der Waals surface area contributed by atoms with Crippen LogP contribution in [0.1, 0.15) is 29.9 Å². The maximum Gasteiger partial charge on any atom is 0.123 e. The average Bonchev–Trinajstić information content (AvgIpc) is 3.00. The Labute approximate surface area is 142 Å². The second-order valence-corrected chi connectivity index (χ2v) is 7.25. The lowest BCUT2D eigenvalue weighted by Gasteiger charge is -2.39. The minimum Gasteiger partial charge on any atom is -0.392 e. The SMILES string of the molecule is OC1CCC2C(Cc3ccccc3)NCC2C1c1ccc(F)cc1. The molecule has 1 saturated heterocycles. The van der Waals surface area contributed by atoms with Gasteiger partial charge in [0.25, 0.3) is 0 Å². The lowest BCUT2D eigenvalue weighted by atomic mass is 9.67. The number of benzene rings is 2. The summed E-state index contributed by atoms with van der Waals surface area (Å²) in [6.45, 7) is 0.932. The van der Waals surface area contributed by atoms with Crippen molar-refractivity contribution in [1.82, 2.24) is 5.32 Å². The largest absolute Gasteiger partial charge is 0.392 e. The molecule has 0 amide bonds. The van der Waals surface area contributed by atoms with Gasteiger partial charge in [-0.1, -0.05) is 42.5 Å². The van der Waals surface area contributed by atoms with Crippen LogP contribution in [-0.4, -0.2) is 23.8 Å². The van der Waals surface area contributed by atoms with Gasteiger partial charge in [-0.05, 0) is 60.9 Å². The number of hydrogen-bond acceptors (Lipinski definition) is 2. The fourth-order valence-electron chi connectivity index (χ4n) is 4.77. The van der Waals surface area contributed by atoms with E-state index in [2.05, 4.69) is 35.6 Å². The molecule has 0 aromatic heterocycles. The average molecular weight is 325 g/mol. The fraction of sp³-hybridized carbons (Fsp3) is 0.429. The molecule has 5 atom stereocenters. The van der Waals surface area contributed by atoms with Crippen molar-refractivity contribution >= 4 is 0 Å². The Bertz CT molecular complexity index is 672. The second kappa shape index (κ2) is 6.66. The molecule has 2 aromatic rings. The van der Waals surface area contributed by atoms with Gasteiger partial charge in [0.2, 0.25) is 0 Å². The van der Waals surface area contributed by atoms with E-state index < -0.39 is 0 Å². The van der Waals surface area contributed by atoms with Gasteiger partial charge in [0.1, 0.15) is 5.82 Å². The van der Waals surface area contributed by atoms with E-state index in [1.54, 1.807) is 0 Å². The quantitative estimate of drug-likeness (QED) is 0.905. The zero-order chi connectivity index (χ0) is 16.5. The zero-order valence-corrected chi connectivity index (χ0v) is 13.7. The van der Waals surface area contributed by atoms with E-state index >= 15 is 0 Å². The highest BCUT2D eigenvalue weighted by Gasteiger charge is 2.46. The Morgan fingerprint density at radius 2 is 1.71 bits per heavy atom. The van der Waals surface area contributed by atoms with Crippen LogP contribution in [0.3, 0.4) is 0 Å². The number of nitrogens with one attached hydrogen (secondary N) is 1. The van der Waals surface area contributed by atoms with Crippen LogP contribution in [0.2, 0.25) is 0 Å². The summed E-state index contributed by atoms with van der Waals surface area (Å²) in [5.41, 5.74) is 2.43. The van der Waals surface area contributed by atoms with Crippen molar-refractivity contribution in [2.45, 2.75) is 37.3 Å². The summed E-state index contributed by atoms with van der Waals surface area (Å²) in [6.07, 6.45) is 2.60. The number of halogens is 1. The fourth-order valence-corrected chi connectivity index (χ4v) is 4.77. The normalized spacial score (nSPS) is 32.5. The molecule has 4 rings (SSSR count). The molecule has 0 spiro atoms. The first-order valence-corrected chi connectivity index (χ1v) is 8.93. The monoisotopic (exact) mass is 325 g/mol. The van der Waals surface area contributed by atoms with E-state index in [-0.39, 0.29) is 17.8 Å². The van der Waals surface area contributed by atoms with Gasteiger partial charge in [-0.3, -0.25) is 0 Å². The smallest absolute Gasteiger partial charge is 0.123 e. The van der Waals surface area contributed by atoms with E-state index in [1.165, 1.54) is 17.7 Å². The van der Waals surface area contributed by atoms with E-state index in [9.17, 15) is 9.50 Å². The maximum absolute atomic E-state index is 13.2. The molecular weight excluding hydrogens is 301 g/mol. The molecule has 0 bridgehead atoms. The molecule has 1 aliphatic carbocycles. The van der Waals surface area contributed by atoms with Crippen LogP contribution in [0.4, 0.5) is 4.39 Å². The molecule has 2 nitrogen and oxygen atoms in total. The van der Waals surface area contributed by atoms with Crippen LogP contribution in [0.15, 0.2) is 54.6 Å². The van der Waals surface area contributed by atoms with Crippen LogP contribution in [0.25, 0.3) is 0 Å². The van der Waals surface area contributed by atoms with Crippen molar-refractivity contribution < 1.29 is 9.50 Å². The number of rotatable bonds is 3. The minimum atomic E-state index is -0.325. The minimum absolute atomic E-state index is 0.109. The topological polar surface area (TPSA) is 32.3 Å². The van der Waals surface area contributed by atoms with Crippen LogP contribution in [-0.2, 0) is 6.42 Å².